The third kappa shape index (κ3) is 0.630. The zero-order valence-corrected chi connectivity index (χ0v) is 6.90. The van der Waals surface area contributed by atoms with Gasteiger partial charge in [-0.2, -0.15) is 5.06 Å². The summed E-state index contributed by atoms with van der Waals surface area (Å²) in [5.74, 6) is 0.190. The number of rotatable bonds is 0. The average Bonchev–Trinajstić information content (AvgIpc) is 2.57. The van der Waals surface area contributed by atoms with Gasteiger partial charge in [0.25, 0.3) is 0 Å². The smallest absolute Gasteiger partial charge is 0.326 e. The van der Waals surface area contributed by atoms with E-state index in [1.165, 1.54) is 0 Å². The summed E-state index contributed by atoms with van der Waals surface area (Å²) in [6.45, 7) is 2.57. The Morgan fingerprint density at radius 2 is 2.42 bits per heavy atom. The van der Waals surface area contributed by atoms with Crippen molar-refractivity contribution in [3.05, 3.63) is 0 Å². The van der Waals surface area contributed by atoms with Gasteiger partial charge in [-0.1, -0.05) is 6.92 Å². The van der Waals surface area contributed by atoms with Gasteiger partial charge >= 0.3 is 5.97 Å². The van der Waals surface area contributed by atoms with E-state index >= 15 is 0 Å². The van der Waals surface area contributed by atoms with E-state index < -0.39 is 0 Å². The fraction of sp³-hybridized carbons (Fsp3) is 0.875. The molecular formula is C8H11NO3. The lowest BCUT2D eigenvalue weighted by molar-refractivity contribution is -0.195. The lowest BCUT2D eigenvalue weighted by Gasteiger charge is -2.35. The summed E-state index contributed by atoms with van der Waals surface area (Å²) in [6, 6.07) is 0.205. The number of fused-ring (bicyclic) bond motifs is 1. The highest BCUT2D eigenvalue weighted by Crippen LogP contribution is 2.42. The van der Waals surface area contributed by atoms with Crippen LogP contribution in [0.2, 0.25) is 0 Å². The van der Waals surface area contributed by atoms with Crippen LogP contribution in [-0.2, 0) is 14.4 Å². The standard InChI is InChI=1S/C8H11NO3/c1-4-6-2-5-3-11-8(10)7(4)9(5)12-6/h4-7H,2-3H2,1H3/t4?,5-,6+,7+/m1/s1. The Morgan fingerprint density at radius 3 is 3.08 bits per heavy atom. The molecule has 0 aliphatic carbocycles. The van der Waals surface area contributed by atoms with Gasteiger partial charge in [0, 0.05) is 5.92 Å². The quantitative estimate of drug-likeness (QED) is 0.476. The van der Waals surface area contributed by atoms with E-state index in [1.807, 2.05) is 5.06 Å². The van der Waals surface area contributed by atoms with E-state index in [0.29, 0.717) is 18.6 Å². The molecule has 0 saturated carbocycles. The summed E-state index contributed by atoms with van der Waals surface area (Å²) in [5.41, 5.74) is 0. The van der Waals surface area contributed by atoms with Crippen LogP contribution in [0.3, 0.4) is 0 Å². The summed E-state index contributed by atoms with van der Waals surface area (Å²) in [5, 5.41) is 1.85. The van der Waals surface area contributed by atoms with Crippen molar-refractivity contribution in [3.63, 3.8) is 0 Å². The molecule has 1 unspecified atom stereocenters. The van der Waals surface area contributed by atoms with Crippen molar-refractivity contribution in [2.24, 2.45) is 5.92 Å². The minimum Gasteiger partial charge on any atom is -0.463 e. The topological polar surface area (TPSA) is 38.8 Å². The van der Waals surface area contributed by atoms with Crippen LogP contribution in [-0.4, -0.2) is 35.8 Å². The molecule has 4 heteroatoms. The zero-order chi connectivity index (χ0) is 8.29. The molecule has 3 saturated heterocycles. The summed E-state index contributed by atoms with van der Waals surface area (Å²) in [7, 11) is 0. The Bertz CT molecular complexity index is 242. The predicted molar refractivity (Wildman–Crippen MR) is 39.0 cm³/mol. The number of ether oxygens (including phenoxy) is 1. The average molecular weight is 169 g/mol. The highest BCUT2D eigenvalue weighted by atomic mass is 16.7. The van der Waals surface area contributed by atoms with Crippen molar-refractivity contribution in [1.29, 1.82) is 0 Å². The summed E-state index contributed by atoms with van der Waals surface area (Å²) >= 11 is 0. The van der Waals surface area contributed by atoms with Gasteiger partial charge in [-0.05, 0) is 6.42 Å². The van der Waals surface area contributed by atoms with E-state index in [0.717, 1.165) is 6.42 Å². The molecule has 66 valence electrons. The number of cyclic esters (lactones) is 1. The van der Waals surface area contributed by atoms with Crippen molar-refractivity contribution in [3.8, 4) is 0 Å². The number of carbonyl (C=O) groups excluding carboxylic acids is 1. The van der Waals surface area contributed by atoms with Crippen molar-refractivity contribution >= 4 is 5.97 Å². The first-order valence-corrected chi connectivity index (χ1v) is 4.39. The molecule has 12 heavy (non-hydrogen) atoms. The van der Waals surface area contributed by atoms with Gasteiger partial charge < -0.3 is 4.74 Å². The summed E-state index contributed by atoms with van der Waals surface area (Å²) < 4.78 is 5.05. The van der Waals surface area contributed by atoms with Crippen LogP contribution >= 0.6 is 0 Å². The Labute approximate surface area is 70.4 Å². The maximum atomic E-state index is 11.3. The number of hydroxylamine groups is 2. The van der Waals surface area contributed by atoms with Crippen LogP contribution in [0.25, 0.3) is 0 Å². The molecule has 0 amide bonds. The highest BCUT2D eigenvalue weighted by Gasteiger charge is 2.57. The molecule has 3 fully saturated rings. The second-order valence-corrected chi connectivity index (χ2v) is 3.83. The van der Waals surface area contributed by atoms with Gasteiger partial charge in [-0.3, -0.25) is 9.63 Å². The number of piperidine rings is 1. The predicted octanol–water partition coefficient (Wildman–Crippen LogP) is -0.0640. The van der Waals surface area contributed by atoms with Gasteiger partial charge in [-0.25, -0.2) is 0 Å². The van der Waals surface area contributed by atoms with E-state index in [2.05, 4.69) is 6.92 Å². The number of hydrogen-bond donors (Lipinski definition) is 0. The first-order valence-electron chi connectivity index (χ1n) is 4.39. The molecule has 3 rings (SSSR count). The van der Waals surface area contributed by atoms with Gasteiger partial charge in [0.05, 0.1) is 12.1 Å². The molecule has 3 aliphatic rings. The lowest BCUT2D eigenvalue weighted by atomic mass is 9.87. The largest absolute Gasteiger partial charge is 0.463 e. The number of carbonyl (C=O) groups is 1. The Morgan fingerprint density at radius 1 is 1.58 bits per heavy atom. The molecule has 2 bridgehead atoms. The summed E-state index contributed by atoms with van der Waals surface area (Å²) in [4.78, 5) is 16.9. The van der Waals surface area contributed by atoms with Crippen molar-refractivity contribution in [2.75, 3.05) is 6.61 Å². The van der Waals surface area contributed by atoms with Crippen LogP contribution in [0.15, 0.2) is 0 Å². The Balaban J connectivity index is 1.98. The molecule has 3 aliphatic heterocycles. The van der Waals surface area contributed by atoms with Gasteiger partial charge in [-0.15, -0.1) is 0 Å². The Hall–Kier alpha value is -0.610. The second-order valence-electron chi connectivity index (χ2n) is 3.83. The molecule has 0 aromatic heterocycles. The fourth-order valence-corrected chi connectivity index (χ4v) is 2.42. The van der Waals surface area contributed by atoms with E-state index in [-0.39, 0.29) is 18.1 Å². The normalized spacial score (nSPS) is 51.2. The monoisotopic (exact) mass is 169 g/mol. The fourth-order valence-electron chi connectivity index (χ4n) is 2.42. The minimum absolute atomic E-state index is 0.110. The maximum Gasteiger partial charge on any atom is 0.326 e. The molecule has 3 heterocycles. The van der Waals surface area contributed by atoms with Crippen LogP contribution in [0.5, 0.6) is 0 Å². The van der Waals surface area contributed by atoms with Crippen LogP contribution in [0, 0.1) is 5.92 Å². The number of hydrogen-bond acceptors (Lipinski definition) is 4. The van der Waals surface area contributed by atoms with Crippen molar-refractivity contribution < 1.29 is 14.4 Å². The first kappa shape index (κ1) is 6.86. The first-order chi connectivity index (χ1) is 5.77. The zero-order valence-electron chi connectivity index (χ0n) is 6.90. The molecular weight excluding hydrogens is 158 g/mol. The van der Waals surface area contributed by atoms with Gasteiger partial charge in [0.2, 0.25) is 0 Å². The van der Waals surface area contributed by atoms with Gasteiger partial charge in [0.15, 0.2) is 0 Å². The third-order valence-corrected chi connectivity index (χ3v) is 3.14. The lowest BCUT2D eigenvalue weighted by Crippen LogP contribution is -2.54. The molecule has 4 atom stereocenters. The van der Waals surface area contributed by atoms with E-state index in [4.69, 9.17) is 9.57 Å². The van der Waals surface area contributed by atoms with E-state index in [1.54, 1.807) is 0 Å². The van der Waals surface area contributed by atoms with Crippen LogP contribution < -0.4 is 0 Å². The number of morpholine rings is 1. The van der Waals surface area contributed by atoms with Crippen molar-refractivity contribution in [2.45, 2.75) is 31.5 Å². The SMILES string of the molecule is CC1[C@@H]2C[C@@H]3COC(=O)[C@H]1N3O2. The highest BCUT2D eigenvalue weighted by molar-refractivity contribution is 5.77. The summed E-state index contributed by atoms with van der Waals surface area (Å²) in [6.07, 6.45) is 1.28. The number of esters is 1. The number of nitrogens with zero attached hydrogens (tertiary/aromatic N) is 1. The maximum absolute atomic E-state index is 11.3. The molecule has 0 aromatic rings. The van der Waals surface area contributed by atoms with Crippen molar-refractivity contribution in [1.82, 2.24) is 5.06 Å². The molecule has 0 radical (unpaired) electrons. The molecule has 0 aromatic carbocycles. The minimum atomic E-state index is -0.123. The third-order valence-electron chi connectivity index (χ3n) is 3.14. The second kappa shape index (κ2) is 2.00. The molecule has 0 N–H and O–H groups in total. The van der Waals surface area contributed by atoms with Gasteiger partial charge in [0.1, 0.15) is 12.6 Å². The Kier molecular flexibility index (Phi) is 1.14. The molecule has 0 spiro atoms. The molecule has 4 nitrogen and oxygen atoms in total. The van der Waals surface area contributed by atoms with Crippen LogP contribution in [0.4, 0.5) is 0 Å². The van der Waals surface area contributed by atoms with Crippen LogP contribution in [0.1, 0.15) is 13.3 Å². The van der Waals surface area contributed by atoms with E-state index in [9.17, 15) is 4.79 Å².